The Morgan fingerprint density at radius 3 is 2.92 bits per heavy atom. The van der Waals surface area contributed by atoms with Gasteiger partial charge in [0.1, 0.15) is 5.15 Å². The van der Waals surface area contributed by atoms with Crippen LogP contribution in [0.25, 0.3) is 0 Å². The highest BCUT2D eigenvalue weighted by molar-refractivity contribution is 6.29. The van der Waals surface area contributed by atoms with Crippen LogP contribution in [0.2, 0.25) is 5.15 Å². The van der Waals surface area contributed by atoms with Gasteiger partial charge in [-0.1, -0.05) is 17.7 Å². The Morgan fingerprint density at radius 2 is 2.38 bits per heavy atom. The molecule has 0 bridgehead atoms. The maximum atomic E-state index is 8.43. The average molecular weight is 196 g/mol. The zero-order valence-electron chi connectivity index (χ0n) is 7.37. The molecule has 0 unspecified atom stereocenters. The Morgan fingerprint density at radius 1 is 1.62 bits per heavy atom. The minimum absolute atomic E-state index is 0.419. The number of nitriles is 1. The highest BCUT2D eigenvalue weighted by Crippen LogP contribution is 2.06. The monoisotopic (exact) mass is 195 g/mol. The number of halogens is 1. The van der Waals surface area contributed by atoms with E-state index in [4.69, 9.17) is 16.9 Å². The lowest BCUT2D eigenvalue weighted by molar-refractivity contribution is 0.367. The minimum atomic E-state index is 0.419. The Bertz CT molecular complexity index is 302. The highest BCUT2D eigenvalue weighted by Gasteiger charge is 1.99. The summed E-state index contributed by atoms with van der Waals surface area (Å²) in [5.41, 5.74) is 1.06. The van der Waals surface area contributed by atoms with Crippen LogP contribution >= 0.6 is 11.6 Å². The molecule has 0 fully saturated rings. The van der Waals surface area contributed by atoms with Crippen molar-refractivity contribution in [2.45, 2.75) is 6.54 Å². The Labute approximate surface area is 82.6 Å². The highest BCUT2D eigenvalue weighted by atomic mass is 35.5. The van der Waals surface area contributed by atoms with Crippen molar-refractivity contribution in [3.63, 3.8) is 0 Å². The summed E-state index contributed by atoms with van der Waals surface area (Å²) in [7, 11) is 1.89. The molecule has 0 saturated carbocycles. The molecule has 0 aliphatic carbocycles. The van der Waals surface area contributed by atoms with E-state index in [1.165, 1.54) is 0 Å². The van der Waals surface area contributed by atoms with Crippen LogP contribution < -0.4 is 0 Å². The third-order valence-electron chi connectivity index (χ3n) is 1.58. The summed E-state index contributed by atoms with van der Waals surface area (Å²) in [4.78, 5) is 5.86. The van der Waals surface area contributed by atoms with Gasteiger partial charge in [-0.3, -0.25) is 4.90 Å². The molecule has 0 aliphatic rings. The van der Waals surface area contributed by atoms with Gasteiger partial charge >= 0.3 is 0 Å². The standard InChI is InChI=1S/C9H10ClN3/c1-13(5-4-11)7-8-2-3-9(10)12-6-8/h2-3,6H,5,7H2,1H3. The van der Waals surface area contributed by atoms with E-state index >= 15 is 0 Å². The first kappa shape index (κ1) is 9.97. The van der Waals surface area contributed by atoms with Gasteiger partial charge in [-0.25, -0.2) is 4.98 Å². The topological polar surface area (TPSA) is 39.9 Å². The first-order valence-corrected chi connectivity index (χ1v) is 4.26. The molecule has 4 heteroatoms. The molecule has 0 aromatic carbocycles. The molecule has 0 radical (unpaired) electrons. The molecule has 1 aromatic rings. The lowest BCUT2D eigenvalue weighted by Crippen LogP contribution is -2.17. The van der Waals surface area contributed by atoms with Gasteiger partial charge in [0.2, 0.25) is 0 Å². The minimum Gasteiger partial charge on any atom is -0.289 e. The largest absolute Gasteiger partial charge is 0.289 e. The number of rotatable bonds is 3. The van der Waals surface area contributed by atoms with Crippen LogP contribution in [-0.4, -0.2) is 23.5 Å². The first-order valence-electron chi connectivity index (χ1n) is 3.88. The summed E-state index contributed by atoms with van der Waals surface area (Å²) >= 11 is 5.63. The van der Waals surface area contributed by atoms with E-state index in [0.717, 1.165) is 12.1 Å². The van der Waals surface area contributed by atoms with Crippen molar-refractivity contribution in [3.05, 3.63) is 29.0 Å². The maximum absolute atomic E-state index is 8.43. The molecule has 0 aliphatic heterocycles. The second-order valence-electron chi connectivity index (χ2n) is 2.82. The number of aromatic nitrogens is 1. The number of hydrogen-bond acceptors (Lipinski definition) is 3. The van der Waals surface area contributed by atoms with Crippen LogP contribution in [0.5, 0.6) is 0 Å². The molecule has 0 amide bonds. The fourth-order valence-electron chi connectivity index (χ4n) is 0.988. The van der Waals surface area contributed by atoms with Gasteiger partial charge in [-0.05, 0) is 18.7 Å². The predicted octanol–water partition coefficient (Wildman–Crippen LogP) is 1.69. The third-order valence-corrected chi connectivity index (χ3v) is 1.81. The molecular weight excluding hydrogens is 186 g/mol. The van der Waals surface area contributed by atoms with Crippen LogP contribution in [0.1, 0.15) is 5.56 Å². The van der Waals surface area contributed by atoms with E-state index in [9.17, 15) is 0 Å². The van der Waals surface area contributed by atoms with E-state index in [1.807, 2.05) is 18.0 Å². The summed E-state index contributed by atoms with van der Waals surface area (Å²) < 4.78 is 0. The second-order valence-corrected chi connectivity index (χ2v) is 3.21. The smallest absolute Gasteiger partial charge is 0.129 e. The number of hydrogen-bond donors (Lipinski definition) is 0. The zero-order valence-corrected chi connectivity index (χ0v) is 8.12. The van der Waals surface area contributed by atoms with Crippen molar-refractivity contribution in [1.29, 1.82) is 5.26 Å². The van der Waals surface area contributed by atoms with Gasteiger partial charge in [0, 0.05) is 12.7 Å². The fourth-order valence-corrected chi connectivity index (χ4v) is 1.10. The van der Waals surface area contributed by atoms with E-state index in [1.54, 1.807) is 12.3 Å². The molecular formula is C9H10ClN3. The molecule has 0 N–H and O–H groups in total. The van der Waals surface area contributed by atoms with Crippen LogP contribution in [-0.2, 0) is 6.54 Å². The van der Waals surface area contributed by atoms with Crippen LogP contribution in [0.15, 0.2) is 18.3 Å². The fraction of sp³-hybridized carbons (Fsp3) is 0.333. The van der Waals surface area contributed by atoms with Crippen molar-refractivity contribution in [2.75, 3.05) is 13.6 Å². The van der Waals surface area contributed by atoms with Crippen molar-refractivity contribution in [2.24, 2.45) is 0 Å². The quantitative estimate of drug-likeness (QED) is 0.545. The van der Waals surface area contributed by atoms with Crippen molar-refractivity contribution in [3.8, 4) is 6.07 Å². The first-order chi connectivity index (χ1) is 6.22. The van der Waals surface area contributed by atoms with Crippen molar-refractivity contribution >= 4 is 11.6 Å². The average Bonchev–Trinajstić information content (AvgIpc) is 2.09. The van der Waals surface area contributed by atoms with Gasteiger partial charge in [-0.15, -0.1) is 0 Å². The van der Waals surface area contributed by atoms with E-state index in [2.05, 4.69) is 11.1 Å². The SMILES string of the molecule is CN(CC#N)Cc1ccc(Cl)nc1. The lowest BCUT2D eigenvalue weighted by Gasteiger charge is -2.11. The molecule has 3 nitrogen and oxygen atoms in total. The molecule has 0 spiro atoms. The summed E-state index contributed by atoms with van der Waals surface area (Å²) in [5, 5.41) is 8.92. The molecule has 13 heavy (non-hydrogen) atoms. The summed E-state index contributed by atoms with van der Waals surface area (Å²) in [6.07, 6.45) is 1.72. The van der Waals surface area contributed by atoms with Crippen LogP contribution in [0.3, 0.4) is 0 Å². The van der Waals surface area contributed by atoms with Crippen molar-refractivity contribution in [1.82, 2.24) is 9.88 Å². The normalized spacial score (nSPS) is 10.0. The summed E-state index contributed by atoms with van der Waals surface area (Å²) in [6.45, 7) is 1.14. The Hall–Kier alpha value is -1.11. The van der Waals surface area contributed by atoms with Gasteiger partial charge in [-0.2, -0.15) is 5.26 Å². The summed E-state index contributed by atoms with van der Waals surface area (Å²) in [5.74, 6) is 0. The van der Waals surface area contributed by atoms with Gasteiger partial charge < -0.3 is 0 Å². The van der Waals surface area contributed by atoms with Crippen LogP contribution in [0, 0.1) is 11.3 Å². The lowest BCUT2D eigenvalue weighted by atomic mass is 10.3. The molecule has 1 rings (SSSR count). The van der Waals surface area contributed by atoms with Gasteiger partial charge in [0.15, 0.2) is 0 Å². The van der Waals surface area contributed by atoms with E-state index in [-0.39, 0.29) is 0 Å². The Balaban J connectivity index is 2.55. The molecule has 0 atom stereocenters. The molecule has 1 aromatic heterocycles. The van der Waals surface area contributed by atoms with Crippen LogP contribution in [0.4, 0.5) is 0 Å². The Kier molecular flexibility index (Phi) is 3.69. The van der Waals surface area contributed by atoms with Gasteiger partial charge in [0.25, 0.3) is 0 Å². The zero-order chi connectivity index (χ0) is 9.68. The molecule has 1 heterocycles. The van der Waals surface area contributed by atoms with Gasteiger partial charge in [0.05, 0.1) is 12.6 Å². The van der Waals surface area contributed by atoms with E-state index in [0.29, 0.717) is 11.7 Å². The molecule has 0 saturated heterocycles. The number of nitrogens with zero attached hydrogens (tertiary/aromatic N) is 3. The van der Waals surface area contributed by atoms with E-state index < -0.39 is 0 Å². The second kappa shape index (κ2) is 4.80. The number of pyridine rings is 1. The predicted molar refractivity (Wildman–Crippen MR) is 51.2 cm³/mol. The maximum Gasteiger partial charge on any atom is 0.129 e. The third kappa shape index (κ3) is 3.41. The molecule has 68 valence electrons. The summed E-state index contributed by atoms with van der Waals surface area (Å²) in [6, 6.07) is 5.73. The van der Waals surface area contributed by atoms with Crippen molar-refractivity contribution < 1.29 is 0 Å².